The number of alkyl halides is 2. The molecule has 2 heterocycles. The number of aromatic amines is 1. The van der Waals surface area contributed by atoms with E-state index in [-0.39, 0.29) is 17.7 Å². The number of carbonyl (C=O) groups excluding carboxylic acids is 1. The Balaban J connectivity index is 1.80. The van der Waals surface area contributed by atoms with Crippen LogP contribution >= 0.6 is 0 Å². The van der Waals surface area contributed by atoms with Crippen molar-refractivity contribution in [3.8, 4) is 5.75 Å². The van der Waals surface area contributed by atoms with Crippen molar-refractivity contribution in [3.63, 3.8) is 0 Å². The van der Waals surface area contributed by atoms with E-state index in [1.54, 1.807) is 18.2 Å². The standard InChI is InChI=1S/C15H17F2N3O2/c1-20-6-5-9(8-20)18-14(21)12-7-10-11(19-12)3-2-4-13(10)22-15(16)17/h2-4,7,9,15,19H,5-6,8H2,1H3,(H,18,21)/t9-/m1/s1. The van der Waals surface area contributed by atoms with E-state index in [1.165, 1.54) is 6.07 Å². The number of halogens is 2. The molecule has 1 aliphatic heterocycles. The highest BCUT2D eigenvalue weighted by atomic mass is 19.3. The van der Waals surface area contributed by atoms with Crippen molar-refractivity contribution in [1.82, 2.24) is 15.2 Å². The fourth-order valence-corrected chi connectivity index (χ4v) is 2.76. The summed E-state index contributed by atoms with van der Waals surface area (Å²) in [5.41, 5.74) is 0.932. The van der Waals surface area contributed by atoms with E-state index in [0.717, 1.165) is 19.5 Å². The predicted molar refractivity (Wildman–Crippen MR) is 78.3 cm³/mol. The van der Waals surface area contributed by atoms with E-state index in [0.29, 0.717) is 16.6 Å². The van der Waals surface area contributed by atoms with Crippen molar-refractivity contribution in [3.05, 3.63) is 30.0 Å². The molecule has 3 rings (SSSR count). The Bertz CT molecular complexity index is 686. The van der Waals surface area contributed by atoms with Gasteiger partial charge in [0.2, 0.25) is 0 Å². The lowest BCUT2D eigenvalue weighted by Gasteiger charge is -2.11. The number of nitrogens with one attached hydrogen (secondary N) is 2. The highest BCUT2D eigenvalue weighted by molar-refractivity contribution is 5.99. The van der Waals surface area contributed by atoms with E-state index in [4.69, 9.17) is 0 Å². The van der Waals surface area contributed by atoms with Gasteiger partial charge in [-0.3, -0.25) is 4.79 Å². The van der Waals surface area contributed by atoms with E-state index < -0.39 is 6.61 Å². The van der Waals surface area contributed by atoms with Crippen LogP contribution in [0.1, 0.15) is 16.9 Å². The average molecular weight is 309 g/mol. The zero-order valence-electron chi connectivity index (χ0n) is 12.1. The summed E-state index contributed by atoms with van der Waals surface area (Å²) in [5.74, 6) is -0.178. The van der Waals surface area contributed by atoms with Gasteiger partial charge in [0.15, 0.2) is 0 Å². The number of amides is 1. The minimum absolute atomic E-state index is 0.0587. The molecule has 1 amide bonds. The number of hydrogen-bond acceptors (Lipinski definition) is 3. The zero-order valence-corrected chi connectivity index (χ0v) is 12.1. The summed E-state index contributed by atoms with van der Waals surface area (Å²) < 4.78 is 29.3. The van der Waals surface area contributed by atoms with Gasteiger partial charge in [0, 0.05) is 23.5 Å². The third kappa shape index (κ3) is 3.04. The maximum Gasteiger partial charge on any atom is 0.387 e. The minimum Gasteiger partial charge on any atom is -0.434 e. The van der Waals surface area contributed by atoms with Gasteiger partial charge < -0.3 is 19.9 Å². The average Bonchev–Trinajstić information content (AvgIpc) is 3.05. The molecular weight excluding hydrogens is 292 g/mol. The van der Waals surface area contributed by atoms with Gasteiger partial charge in [-0.1, -0.05) is 6.07 Å². The summed E-state index contributed by atoms with van der Waals surface area (Å²) in [4.78, 5) is 17.3. The lowest BCUT2D eigenvalue weighted by atomic mass is 10.2. The lowest BCUT2D eigenvalue weighted by molar-refractivity contribution is -0.0487. The van der Waals surface area contributed by atoms with Crippen molar-refractivity contribution >= 4 is 16.8 Å². The van der Waals surface area contributed by atoms with Crippen molar-refractivity contribution in [2.45, 2.75) is 19.1 Å². The Kier molecular flexibility index (Phi) is 3.98. The lowest BCUT2D eigenvalue weighted by Crippen LogP contribution is -2.36. The van der Waals surface area contributed by atoms with Gasteiger partial charge in [-0.25, -0.2) is 0 Å². The first-order valence-electron chi connectivity index (χ1n) is 7.09. The molecule has 0 aliphatic carbocycles. The van der Waals surface area contributed by atoms with Crippen LogP contribution in [-0.4, -0.2) is 48.6 Å². The zero-order chi connectivity index (χ0) is 15.7. The van der Waals surface area contributed by atoms with Crippen molar-refractivity contribution < 1.29 is 18.3 Å². The number of nitrogens with zero attached hydrogens (tertiary/aromatic N) is 1. The van der Waals surface area contributed by atoms with E-state index >= 15 is 0 Å². The number of ether oxygens (including phenoxy) is 1. The number of H-pyrrole nitrogens is 1. The highest BCUT2D eigenvalue weighted by Crippen LogP contribution is 2.27. The predicted octanol–water partition coefficient (Wildman–Crippen LogP) is 2.20. The van der Waals surface area contributed by atoms with E-state index in [1.807, 2.05) is 7.05 Å². The van der Waals surface area contributed by atoms with Crippen LogP contribution in [0.25, 0.3) is 10.9 Å². The maximum absolute atomic E-state index is 12.4. The number of rotatable bonds is 4. The summed E-state index contributed by atoms with van der Waals surface area (Å²) in [5, 5.41) is 3.41. The highest BCUT2D eigenvalue weighted by Gasteiger charge is 2.22. The molecular formula is C15H17F2N3O2. The number of likely N-dealkylation sites (N-methyl/N-ethyl adjacent to an activating group) is 1. The maximum atomic E-state index is 12.4. The second kappa shape index (κ2) is 5.92. The molecule has 118 valence electrons. The largest absolute Gasteiger partial charge is 0.434 e. The van der Waals surface area contributed by atoms with Crippen LogP contribution in [0, 0.1) is 0 Å². The van der Waals surface area contributed by atoms with Crippen LogP contribution < -0.4 is 10.1 Å². The molecule has 22 heavy (non-hydrogen) atoms. The third-order valence-corrected chi connectivity index (χ3v) is 3.81. The van der Waals surface area contributed by atoms with Gasteiger partial charge in [-0.05, 0) is 38.2 Å². The minimum atomic E-state index is -2.90. The van der Waals surface area contributed by atoms with Crippen molar-refractivity contribution in [1.29, 1.82) is 0 Å². The third-order valence-electron chi connectivity index (χ3n) is 3.81. The molecule has 0 saturated carbocycles. The van der Waals surface area contributed by atoms with Gasteiger partial charge in [0.1, 0.15) is 11.4 Å². The molecule has 0 radical (unpaired) electrons. The van der Waals surface area contributed by atoms with Crippen LogP contribution in [0.4, 0.5) is 8.78 Å². The van der Waals surface area contributed by atoms with Gasteiger partial charge in [0.05, 0.1) is 0 Å². The second-order valence-electron chi connectivity index (χ2n) is 5.50. The van der Waals surface area contributed by atoms with E-state index in [2.05, 4.69) is 19.9 Å². The summed E-state index contributed by atoms with van der Waals surface area (Å²) in [6, 6.07) is 6.43. The molecule has 0 unspecified atom stereocenters. The number of likely N-dealkylation sites (tertiary alicyclic amines) is 1. The van der Waals surface area contributed by atoms with Crippen molar-refractivity contribution in [2.24, 2.45) is 0 Å². The molecule has 5 nitrogen and oxygen atoms in total. The fraction of sp³-hybridized carbons (Fsp3) is 0.400. The molecule has 1 fully saturated rings. The Morgan fingerprint density at radius 3 is 3.00 bits per heavy atom. The molecule has 0 spiro atoms. The Hall–Kier alpha value is -2.15. The summed E-state index contributed by atoms with van der Waals surface area (Å²) >= 11 is 0. The summed E-state index contributed by atoms with van der Waals surface area (Å²) in [6.07, 6.45) is 0.905. The molecule has 1 aliphatic rings. The number of aromatic nitrogens is 1. The number of carbonyl (C=O) groups is 1. The summed E-state index contributed by atoms with van der Waals surface area (Å²) in [6.45, 7) is -1.14. The Morgan fingerprint density at radius 2 is 2.32 bits per heavy atom. The fourth-order valence-electron chi connectivity index (χ4n) is 2.76. The van der Waals surface area contributed by atoms with Crippen LogP contribution in [0.2, 0.25) is 0 Å². The molecule has 1 saturated heterocycles. The topological polar surface area (TPSA) is 57.4 Å². The van der Waals surface area contributed by atoms with Crippen LogP contribution in [0.5, 0.6) is 5.75 Å². The second-order valence-corrected chi connectivity index (χ2v) is 5.50. The normalized spacial score (nSPS) is 19.0. The monoisotopic (exact) mass is 309 g/mol. The summed E-state index contributed by atoms with van der Waals surface area (Å²) in [7, 11) is 2.00. The molecule has 7 heteroatoms. The van der Waals surface area contributed by atoms with Crippen molar-refractivity contribution in [2.75, 3.05) is 20.1 Å². The van der Waals surface area contributed by atoms with Gasteiger partial charge >= 0.3 is 6.61 Å². The number of fused-ring (bicyclic) bond motifs is 1. The Morgan fingerprint density at radius 1 is 1.50 bits per heavy atom. The number of hydrogen-bond donors (Lipinski definition) is 2. The SMILES string of the molecule is CN1CC[C@@H](NC(=O)c2cc3c(OC(F)F)cccc3[nH]2)C1. The van der Waals surface area contributed by atoms with Crippen LogP contribution in [-0.2, 0) is 0 Å². The van der Waals surface area contributed by atoms with Crippen LogP contribution in [0.15, 0.2) is 24.3 Å². The molecule has 1 atom stereocenters. The quantitative estimate of drug-likeness (QED) is 0.910. The van der Waals surface area contributed by atoms with Gasteiger partial charge in [0.25, 0.3) is 5.91 Å². The first-order chi connectivity index (χ1) is 10.5. The van der Waals surface area contributed by atoms with Crippen LogP contribution in [0.3, 0.4) is 0 Å². The molecule has 2 N–H and O–H groups in total. The first kappa shape index (κ1) is 14.8. The Labute approximate surface area is 126 Å². The molecule has 0 bridgehead atoms. The van der Waals surface area contributed by atoms with Gasteiger partial charge in [-0.2, -0.15) is 8.78 Å². The molecule has 1 aromatic carbocycles. The smallest absolute Gasteiger partial charge is 0.387 e. The molecule has 1 aromatic heterocycles. The van der Waals surface area contributed by atoms with E-state index in [9.17, 15) is 13.6 Å². The number of benzene rings is 1. The molecule has 2 aromatic rings. The first-order valence-corrected chi connectivity index (χ1v) is 7.09. The van der Waals surface area contributed by atoms with Gasteiger partial charge in [-0.15, -0.1) is 0 Å².